The van der Waals surface area contributed by atoms with E-state index in [9.17, 15) is 18.0 Å². The van der Waals surface area contributed by atoms with Crippen LogP contribution in [0.5, 0.6) is 0 Å². The number of halogens is 3. The summed E-state index contributed by atoms with van der Waals surface area (Å²) in [6.45, 7) is 4.40. The number of rotatable bonds is 2. The van der Waals surface area contributed by atoms with E-state index in [2.05, 4.69) is 10.1 Å². The van der Waals surface area contributed by atoms with Gasteiger partial charge >= 0.3 is 6.18 Å². The average molecular weight is 402 g/mol. The highest BCUT2D eigenvalue weighted by Crippen LogP contribution is 2.38. The highest BCUT2D eigenvalue weighted by atomic mass is 19.4. The number of amides is 1. The predicted octanol–water partition coefficient (Wildman–Crippen LogP) is 4.38. The SMILES string of the molecule is Cc1ccc2nc(C)c(C(=O)N3CCC(c4ccccc4C(F)(F)F)CC3)n2n1. The van der Waals surface area contributed by atoms with E-state index in [1.807, 2.05) is 19.1 Å². The van der Waals surface area contributed by atoms with Crippen molar-refractivity contribution in [2.45, 2.75) is 38.8 Å². The van der Waals surface area contributed by atoms with Gasteiger partial charge in [-0.1, -0.05) is 18.2 Å². The van der Waals surface area contributed by atoms with Crippen molar-refractivity contribution in [2.24, 2.45) is 0 Å². The molecule has 3 heterocycles. The van der Waals surface area contributed by atoms with Crippen LogP contribution in [0.25, 0.3) is 5.65 Å². The lowest BCUT2D eigenvalue weighted by atomic mass is 9.86. The van der Waals surface area contributed by atoms with Crippen molar-refractivity contribution in [2.75, 3.05) is 13.1 Å². The number of carbonyl (C=O) groups is 1. The minimum absolute atomic E-state index is 0.185. The van der Waals surface area contributed by atoms with Crippen LogP contribution >= 0.6 is 0 Å². The van der Waals surface area contributed by atoms with Gasteiger partial charge in [0, 0.05) is 13.1 Å². The second-order valence-corrected chi connectivity index (χ2v) is 7.44. The normalized spacial score (nSPS) is 15.8. The van der Waals surface area contributed by atoms with E-state index in [4.69, 9.17) is 0 Å². The zero-order chi connectivity index (χ0) is 20.8. The molecule has 0 N–H and O–H groups in total. The third-order valence-corrected chi connectivity index (χ3v) is 5.48. The molecule has 3 aromatic rings. The second kappa shape index (κ2) is 7.17. The van der Waals surface area contributed by atoms with Crippen molar-refractivity contribution in [3.05, 3.63) is 64.6 Å². The number of hydrogen-bond acceptors (Lipinski definition) is 3. The molecule has 0 radical (unpaired) electrons. The van der Waals surface area contributed by atoms with E-state index in [1.165, 1.54) is 6.07 Å². The summed E-state index contributed by atoms with van der Waals surface area (Å²) < 4.78 is 41.6. The number of carbonyl (C=O) groups excluding carboxylic acids is 1. The number of aromatic nitrogens is 3. The van der Waals surface area contributed by atoms with Crippen LogP contribution in [0, 0.1) is 13.8 Å². The Hall–Kier alpha value is -2.90. The Morgan fingerprint density at radius 2 is 1.76 bits per heavy atom. The number of nitrogens with zero attached hydrogens (tertiary/aromatic N) is 4. The van der Waals surface area contributed by atoms with Gasteiger partial charge in [-0.25, -0.2) is 9.50 Å². The number of aryl methyl sites for hydroxylation is 2. The zero-order valence-corrected chi connectivity index (χ0v) is 16.2. The highest BCUT2D eigenvalue weighted by molar-refractivity contribution is 5.94. The lowest BCUT2D eigenvalue weighted by Crippen LogP contribution is -2.39. The van der Waals surface area contributed by atoms with E-state index in [-0.39, 0.29) is 11.8 Å². The van der Waals surface area contributed by atoms with E-state index in [1.54, 1.807) is 28.5 Å². The van der Waals surface area contributed by atoms with Crippen LogP contribution in [0.2, 0.25) is 0 Å². The van der Waals surface area contributed by atoms with Crippen molar-refractivity contribution in [3.8, 4) is 0 Å². The molecule has 0 spiro atoms. The molecule has 1 aliphatic heterocycles. The Morgan fingerprint density at radius 3 is 2.45 bits per heavy atom. The predicted molar refractivity (Wildman–Crippen MR) is 102 cm³/mol. The Bertz CT molecular complexity index is 1070. The monoisotopic (exact) mass is 402 g/mol. The summed E-state index contributed by atoms with van der Waals surface area (Å²) in [7, 11) is 0. The molecule has 5 nitrogen and oxygen atoms in total. The maximum Gasteiger partial charge on any atom is 0.416 e. The first kappa shape index (κ1) is 19.4. The maximum absolute atomic E-state index is 13.3. The number of likely N-dealkylation sites (tertiary alicyclic amines) is 1. The Kier molecular flexibility index (Phi) is 4.80. The first-order valence-corrected chi connectivity index (χ1v) is 9.54. The van der Waals surface area contributed by atoms with Crippen LogP contribution in [0.1, 0.15) is 51.8 Å². The maximum atomic E-state index is 13.3. The van der Waals surface area contributed by atoms with Crippen LogP contribution in [-0.2, 0) is 6.18 Å². The molecule has 1 fully saturated rings. The van der Waals surface area contributed by atoms with Crippen molar-refractivity contribution in [1.29, 1.82) is 0 Å². The third kappa shape index (κ3) is 3.59. The molecular weight excluding hydrogens is 381 g/mol. The second-order valence-electron chi connectivity index (χ2n) is 7.44. The van der Waals surface area contributed by atoms with Crippen LogP contribution in [-0.4, -0.2) is 38.5 Å². The van der Waals surface area contributed by atoms with Crippen molar-refractivity contribution < 1.29 is 18.0 Å². The number of alkyl halides is 3. The molecule has 29 heavy (non-hydrogen) atoms. The molecular formula is C21H21F3N4O. The van der Waals surface area contributed by atoms with Crippen LogP contribution < -0.4 is 0 Å². The fourth-order valence-corrected chi connectivity index (χ4v) is 4.04. The van der Waals surface area contributed by atoms with Crippen molar-refractivity contribution >= 4 is 11.6 Å². The van der Waals surface area contributed by atoms with Gasteiger partial charge < -0.3 is 4.90 Å². The van der Waals surface area contributed by atoms with Gasteiger partial charge in [-0.2, -0.15) is 18.3 Å². The molecule has 152 valence electrons. The molecule has 1 saturated heterocycles. The van der Waals surface area contributed by atoms with E-state index < -0.39 is 11.7 Å². The minimum Gasteiger partial charge on any atom is -0.337 e. The largest absolute Gasteiger partial charge is 0.416 e. The van der Waals surface area contributed by atoms with Gasteiger partial charge in [0.15, 0.2) is 11.3 Å². The Balaban J connectivity index is 1.55. The first-order valence-electron chi connectivity index (χ1n) is 9.54. The molecule has 0 saturated carbocycles. The molecule has 1 aliphatic rings. The molecule has 4 rings (SSSR count). The number of imidazole rings is 1. The first-order chi connectivity index (χ1) is 13.8. The Labute approximate surface area is 166 Å². The minimum atomic E-state index is -4.37. The molecule has 0 atom stereocenters. The van der Waals surface area contributed by atoms with Gasteiger partial charge in [0.05, 0.1) is 17.0 Å². The highest BCUT2D eigenvalue weighted by Gasteiger charge is 2.36. The third-order valence-electron chi connectivity index (χ3n) is 5.48. The van der Waals surface area contributed by atoms with Gasteiger partial charge in [0.25, 0.3) is 5.91 Å². The van der Waals surface area contributed by atoms with Crippen LogP contribution in [0.3, 0.4) is 0 Å². The van der Waals surface area contributed by atoms with E-state index >= 15 is 0 Å². The van der Waals surface area contributed by atoms with E-state index in [0.717, 1.165) is 11.8 Å². The summed E-state index contributed by atoms with van der Waals surface area (Å²) in [5.41, 5.74) is 2.12. The fraction of sp³-hybridized carbons (Fsp3) is 0.381. The summed E-state index contributed by atoms with van der Waals surface area (Å²) in [4.78, 5) is 19.2. The number of benzene rings is 1. The molecule has 8 heteroatoms. The summed E-state index contributed by atoms with van der Waals surface area (Å²) >= 11 is 0. The number of piperidine rings is 1. The quantitative estimate of drug-likeness (QED) is 0.639. The molecule has 0 unspecified atom stereocenters. The van der Waals surface area contributed by atoms with Gasteiger partial charge in [0.1, 0.15) is 0 Å². The van der Waals surface area contributed by atoms with Gasteiger partial charge in [-0.3, -0.25) is 4.79 Å². The van der Waals surface area contributed by atoms with E-state index in [0.29, 0.717) is 48.5 Å². The van der Waals surface area contributed by atoms with Gasteiger partial charge in [-0.05, 0) is 56.4 Å². The lowest BCUT2D eigenvalue weighted by Gasteiger charge is -2.33. The van der Waals surface area contributed by atoms with Crippen molar-refractivity contribution in [1.82, 2.24) is 19.5 Å². The molecule has 0 aliphatic carbocycles. The standard InChI is InChI=1S/C21H21F3N4O/c1-13-7-8-18-25-14(2)19(28(18)26-13)20(29)27-11-9-15(10-12-27)16-5-3-4-6-17(16)21(22,23)24/h3-8,15H,9-12H2,1-2H3. The lowest BCUT2D eigenvalue weighted by molar-refractivity contribution is -0.138. The van der Waals surface area contributed by atoms with Gasteiger partial charge in [-0.15, -0.1) is 0 Å². The smallest absolute Gasteiger partial charge is 0.337 e. The number of hydrogen-bond donors (Lipinski definition) is 0. The average Bonchev–Trinajstić information content (AvgIpc) is 3.02. The fourth-order valence-electron chi connectivity index (χ4n) is 4.04. The van der Waals surface area contributed by atoms with Gasteiger partial charge in [0.2, 0.25) is 0 Å². The zero-order valence-electron chi connectivity index (χ0n) is 16.2. The molecule has 1 amide bonds. The summed E-state index contributed by atoms with van der Waals surface area (Å²) in [5.74, 6) is -0.406. The summed E-state index contributed by atoms with van der Waals surface area (Å²) in [5, 5.41) is 4.40. The number of fused-ring (bicyclic) bond motifs is 1. The summed E-state index contributed by atoms with van der Waals surface area (Å²) in [6.07, 6.45) is -3.40. The molecule has 1 aromatic carbocycles. The van der Waals surface area contributed by atoms with Crippen molar-refractivity contribution in [3.63, 3.8) is 0 Å². The summed E-state index contributed by atoms with van der Waals surface area (Å²) in [6, 6.07) is 9.37. The molecule has 0 bridgehead atoms. The topological polar surface area (TPSA) is 50.5 Å². The molecule has 2 aromatic heterocycles. The van der Waals surface area contributed by atoms with Crippen LogP contribution in [0.15, 0.2) is 36.4 Å². The van der Waals surface area contributed by atoms with Crippen LogP contribution in [0.4, 0.5) is 13.2 Å². The Morgan fingerprint density at radius 1 is 1.07 bits per heavy atom.